The van der Waals surface area contributed by atoms with Crippen molar-refractivity contribution in [3.8, 4) is 11.3 Å². The monoisotopic (exact) mass is 568 g/mol. The minimum Gasteiger partial charge on any atom is -0.432 e. The van der Waals surface area contributed by atoms with E-state index in [-0.39, 0.29) is 11.8 Å². The van der Waals surface area contributed by atoms with Gasteiger partial charge in [0.2, 0.25) is 11.7 Å². The van der Waals surface area contributed by atoms with Gasteiger partial charge in [0.15, 0.2) is 11.4 Å². The Morgan fingerprint density at radius 2 is 1.77 bits per heavy atom. The zero-order chi connectivity index (χ0) is 28.4. The number of ether oxygens (including phenoxy) is 1. The summed E-state index contributed by atoms with van der Waals surface area (Å²) in [5.74, 6) is 0.383. The van der Waals surface area contributed by atoms with Gasteiger partial charge in [-0.1, -0.05) is 13.8 Å². The van der Waals surface area contributed by atoms with Crippen molar-refractivity contribution in [1.29, 1.82) is 0 Å². The molecule has 0 radical (unpaired) electrons. The van der Waals surface area contributed by atoms with Crippen LogP contribution < -0.4 is 10.2 Å². The van der Waals surface area contributed by atoms with Crippen LogP contribution in [0.4, 0.5) is 22.0 Å². The van der Waals surface area contributed by atoms with Crippen LogP contribution in [0.2, 0.25) is 0 Å². The van der Waals surface area contributed by atoms with Crippen molar-refractivity contribution in [2.45, 2.75) is 13.8 Å². The van der Waals surface area contributed by atoms with Crippen LogP contribution in [0.5, 0.6) is 0 Å². The molecule has 5 aromatic rings. The van der Waals surface area contributed by atoms with Gasteiger partial charge in [-0.3, -0.25) is 0 Å². The number of fused-ring (bicyclic) bond motifs is 3. The number of nitrogens with one attached hydrogen (secondary N) is 1. The first-order valence-corrected chi connectivity index (χ1v) is 14.1. The summed E-state index contributed by atoms with van der Waals surface area (Å²) in [5.41, 5.74) is 2.30. The number of hydrogen-bond donors (Lipinski definition) is 1. The van der Waals surface area contributed by atoms with Gasteiger partial charge in [0.25, 0.3) is 0 Å². The maximum atomic E-state index is 13.5. The molecule has 4 aromatic heterocycles. The lowest BCUT2D eigenvalue weighted by Gasteiger charge is -2.27. The Balaban J connectivity index is 0.00000158. The highest BCUT2D eigenvalue weighted by Gasteiger charge is 2.26. The van der Waals surface area contributed by atoms with E-state index in [1.165, 1.54) is 38.4 Å². The first kappa shape index (κ1) is 27.4. The molecule has 1 fully saturated rings. The molecular formula is C26H29FN8O4S. The topological polar surface area (TPSA) is 132 Å². The SMILES string of the molecule is CC.CN(C)S(=O)(=O)n1nc(-c2ccc(F)cc2)cc1Nc1nc(N2CCOCC2)c2oc3ncccc3c2n1. The molecule has 0 bridgehead atoms. The predicted molar refractivity (Wildman–Crippen MR) is 150 cm³/mol. The molecule has 1 N–H and O–H groups in total. The van der Waals surface area contributed by atoms with Gasteiger partial charge in [-0.2, -0.15) is 22.8 Å². The van der Waals surface area contributed by atoms with Gasteiger partial charge in [0.1, 0.15) is 17.2 Å². The maximum absolute atomic E-state index is 13.5. The summed E-state index contributed by atoms with van der Waals surface area (Å²) in [5, 5.41) is 8.04. The molecular weight excluding hydrogens is 539 g/mol. The van der Waals surface area contributed by atoms with Crippen molar-refractivity contribution in [2.24, 2.45) is 0 Å². The van der Waals surface area contributed by atoms with Gasteiger partial charge >= 0.3 is 10.2 Å². The molecule has 0 spiro atoms. The van der Waals surface area contributed by atoms with Gasteiger partial charge in [0.05, 0.1) is 24.3 Å². The Morgan fingerprint density at radius 1 is 1.05 bits per heavy atom. The molecule has 0 amide bonds. The van der Waals surface area contributed by atoms with Crippen LogP contribution in [0.25, 0.3) is 33.5 Å². The molecule has 210 valence electrons. The summed E-state index contributed by atoms with van der Waals surface area (Å²) < 4.78 is 53.2. The van der Waals surface area contributed by atoms with E-state index in [1.54, 1.807) is 18.3 Å². The number of hydrogen-bond acceptors (Lipinski definition) is 10. The zero-order valence-electron chi connectivity index (χ0n) is 22.5. The summed E-state index contributed by atoms with van der Waals surface area (Å²) in [6.07, 6.45) is 1.63. The van der Waals surface area contributed by atoms with E-state index in [0.717, 1.165) is 8.39 Å². The second-order valence-corrected chi connectivity index (χ2v) is 10.8. The molecule has 1 aliphatic rings. The highest BCUT2D eigenvalue weighted by Crippen LogP contribution is 2.34. The van der Waals surface area contributed by atoms with E-state index in [2.05, 4.69) is 20.4 Å². The Labute approximate surface area is 230 Å². The summed E-state index contributed by atoms with van der Waals surface area (Å²) in [4.78, 5) is 15.7. The van der Waals surface area contributed by atoms with Crippen LogP contribution in [0.1, 0.15) is 13.8 Å². The van der Waals surface area contributed by atoms with Crippen LogP contribution >= 0.6 is 0 Å². The Hall–Kier alpha value is -4.14. The second kappa shape index (κ2) is 11.2. The van der Waals surface area contributed by atoms with E-state index in [4.69, 9.17) is 14.1 Å². The van der Waals surface area contributed by atoms with Crippen molar-refractivity contribution >= 4 is 50.0 Å². The van der Waals surface area contributed by atoms with Crippen LogP contribution in [0.3, 0.4) is 0 Å². The highest BCUT2D eigenvalue weighted by atomic mass is 32.2. The van der Waals surface area contributed by atoms with Gasteiger partial charge in [0, 0.05) is 45.0 Å². The molecule has 0 unspecified atom stereocenters. The van der Waals surface area contributed by atoms with Crippen molar-refractivity contribution in [1.82, 2.24) is 28.4 Å². The number of pyridine rings is 1. The van der Waals surface area contributed by atoms with Crippen molar-refractivity contribution < 1.29 is 22.0 Å². The van der Waals surface area contributed by atoms with Gasteiger partial charge in [-0.25, -0.2) is 14.4 Å². The van der Waals surface area contributed by atoms with Crippen LogP contribution in [0, 0.1) is 5.82 Å². The number of furan rings is 1. The third-order valence-corrected chi connectivity index (χ3v) is 7.76. The van der Waals surface area contributed by atoms with Crippen molar-refractivity contribution in [3.63, 3.8) is 0 Å². The average Bonchev–Trinajstić information content (AvgIpc) is 3.57. The molecule has 5 heterocycles. The quantitative estimate of drug-likeness (QED) is 0.320. The first-order chi connectivity index (χ1) is 19.3. The number of aromatic nitrogens is 5. The van der Waals surface area contributed by atoms with Crippen LogP contribution in [-0.2, 0) is 14.9 Å². The number of morpholine rings is 1. The van der Waals surface area contributed by atoms with E-state index in [0.29, 0.717) is 65.6 Å². The Morgan fingerprint density at radius 3 is 2.48 bits per heavy atom. The number of anilines is 3. The molecule has 40 heavy (non-hydrogen) atoms. The smallest absolute Gasteiger partial charge is 0.324 e. The molecule has 14 heteroatoms. The molecule has 0 atom stereocenters. The van der Waals surface area contributed by atoms with E-state index >= 15 is 0 Å². The van der Waals surface area contributed by atoms with Crippen molar-refractivity contribution in [2.75, 3.05) is 50.6 Å². The summed E-state index contributed by atoms with van der Waals surface area (Å²) in [6.45, 7) is 6.25. The summed E-state index contributed by atoms with van der Waals surface area (Å²) >= 11 is 0. The standard InChI is InChI=1S/C24H23FN8O4S.C2H6/c1-31(2)38(34,35)33-19(14-18(30-33)15-5-7-16(25)8-6-15)27-24-28-20-17-4-3-9-26-23(17)37-21(20)22(29-24)32-10-12-36-13-11-32;1-2/h3-9,14H,10-13H2,1-2H3,(H,27,28,29);1-2H3. The maximum Gasteiger partial charge on any atom is 0.324 e. The molecule has 1 saturated heterocycles. The number of halogens is 1. The minimum absolute atomic E-state index is 0.108. The molecule has 6 rings (SSSR count). The minimum atomic E-state index is -4.03. The zero-order valence-corrected chi connectivity index (χ0v) is 23.3. The number of benzene rings is 1. The molecule has 1 aliphatic heterocycles. The van der Waals surface area contributed by atoms with E-state index < -0.39 is 16.0 Å². The van der Waals surface area contributed by atoms with Crippen LogP contribution in [-0.4, -0.2) is 77.3 Å². The number of rotatable bonds is 6. The Kier molecular flexibility index (Phi) is 7.65. The normalized spacial score (nSPS) is 14.0. The van der Waals surface area contributed by atoms with Gasteiger partial charge < -0.3 is 19.4 Å². The van der Waals surface area contributed by atoms with Crippen LogP contribution in [0.15, 0.2) is 53.1 Å². The Bertz CT molecular complexity index is 1750. The molecule has 1 aromatic carbocycles. The summed E-state index contributed by atoms with van der Waals surface area (Å²) in [6, 6.07) is 10.8. The second-order valence-electron chi connectivity index (χ2n) is 8.79. The molecule has 0 saturated carbocycles. The fraction of sp³-hybridized carbons (Fsp3) is 0.308. The average molecular weight is 569 g/mol. The van der Waals surface area contributed by atoms with E-state index in [1.807, 2.05) is 24.8 Å². The van der Waals surface area contributed by atoms with E-state index in [9.17, 15) is 12.8 Å². The van der Waals surface area contributed by atoms with Crippen molar-refractivity contribution in [3.05, 3.63) is 54.5 Å². The predicted octanol–water partition coefficient (Wildman–Crippen LogP) is 4.03. The highest BCUT2D eigenvalue weighted by molar-refractivity contribution is 7.87. The van der Waals surface area contributed by atoms with Gasteiger partial charge in [-0.15, -0.1) is 4.09 Å². The third kappa shape index (κ3) is 5.08. The third-order valence-electron chi connectivity index (χ3n) is 6.12. The van der Waals surface area contributed by atoms with Gasteiger partial charge in [-0.05, 0) is 36.4 Å². The lowest BCUT2D eigenvalue weighted by molar-refractivity contribution is 0.122. The molecule has 0 aliphatic carbocycles. The number of nitrogens with zero attached hydrogens (tertiary/aromatic N) is 7. The lowest BCUT2D eigenvalue weighted by Crippen LogP contribution is -2.37. The first-order valence-electron chi connectivity index (χ1n) is 12.8. The largest absolute Gasteiger partial charge is 0.432 e. The fourth-order valence-corrected chi connectivity index (χ4v) is 5.01. The fourth-order valence-electron chi connectivity index (χ4n) is 4.17. The molecule has 12 nitrogen and oxygen atoms in total. The lowest BCUT2D eigenvalue weighted by atomic mass is 10.1. The summed E-state index contributed by atoms with van der Waals surface area (Å²) in [7, 11) is -1.22.